The van der Waals surface area contributed by atoms with Crippen molar-refractivity contribution >= 4 is 17.2 Å². The molecule has 0 radical (unpaired) electrons. The smallest absolute Gasteiger partial charge is 0.264 e. The predicted molar refractivity (Wildman–Crippen MR) is 77.2 cm³/mol. The lowest BCUT2D eigenvalue weighted by Gasteiger charge is -2.38. The van der Waals surface area contributed by atoms with Crippen LogP contribution in [0, 0.1) is 11.8 Å². The lowest BCUT2D eigenvalue weighted by atomic mass is 9.97. The van der Waals surface area contributed by atoms with E-state index in [9.17, 15) is 4.79 Å². The number of amides is 1. The number of piperidine rings is 1. The molecule has 1 aromatic heterocycles. The lowest BCUT2D eigenvalue weighted by Crippen LogP contribution is -2.47. The van der Waals surface area contributed by atoms with E-state index in [4.69, 9.17) is 5.11 Å². The van der Waals surface area contributed by atoms with Gasteiger partial charge in [-0.2, -0.15) is 0 Å². The van der Waals surface area contributed by atoms with Crippen LogP contribution in [0.5, 0.6) is 0 Å². The van der Waals surface area contributed by atoms with Crippen LogP contribution in [0.3, 0.4) is 0 Å². The van der Waals surface area contributed by atoms with Crippen LogP contribution in [0.2, 0.25) is 0 Å². The average molecular weight is 277 g/mol. The van der Waals surface area contributed by atoms with Gasteiger partial charge in [0.2, 0.25) is 0 Å². The third-order valence-corrected chi connectivity index (χ3v) is 4.52. The van der Waals surface area contributed by atoms with Crippen molar-refractivity contribution in [3.8, 4) is 11.8 Å². The maximum Gasteiger partial charge on any atom is 0.264 e. The number of likely N-dealkylation sites (tertiary alicyclic amines) is 1. The lowest BCUT2D eigenvalue weighted by molar-refractivity contribution is 0.0516. The molecule has 102 valence electrons. The van der Waals surface area contributed by atoms with E-state index in [1.165, 1.54) is 17.8 Å². The fourth-order valence-corrected chi connectivity index (χ4v) is 3.42. The van der Waals surface area contributed by atoms with Gasteiger partial charge in [-0.1, -0.05) is 11.8 Å². The van der Waals surface area contributed by atoms with Gasteiger partial charge in [0.15, 0.2) is 0 Å². The second kappa shape index (κ2) is 6.23. The Bertz CT molecular complexity index is 502. The van der Waals surface area contributed by atoms with Crippen molar-refractivity contribution in [1.29, 1.82) is 0 Å². The van der Waals surface area contributed by atoms with E-state index in [0.29, 0.717) is 12.1 Å². The Kier molecular flexibility index (Phi) is 4.62. The van der Waals surface area contributed by atoms with Crippen molar-refractivity contribution in [2.45, 2.75) is 45.2 Å². The van der Waals surface area contributed by atoms with Crippen LogP contribution in [0.15, 0.2) is 12.1 Å². The van der Waals surface area contributed by atoms with Crippen molar-refractivity contribution in [2.75, 3.05) is 6.61 Å². The summed E-state index contributed by atoms with van der Waals surface area (Å²) in [7, 11) is 0. The molecular formula is C15H19NO2S. The minimum absolute atomic E-state index is 0.113. The summed E-state index contributed by atoms with van der Waals surface area (Å²) in [5.74, 6) is 5.56. The number of thiophene rings is 1. The molecule has 0 saturated carbocycles. The van der Waals surface area contributed by atoms with Crippen molar-refractivity contribution < 1.29 is 9.90 Å². The number of hydrogen-bond donors (Lipinski definition) is 1. The highest BCUT2D eigenvalue weighted by Crippen LogP contribution is 2.26. The van der Waals surface area contributed by atoms with Crippen LogP contribution in [0.4, 0.5) is 0 Å². The Morgan fingerprint density at radius 2 is 2.11 bits per heavy atom. The van der Waals surface area contributed by atoms with Gasteiger partial charge < -0.3 is 10.0 Å². The van der Waals surface area contributed by atoms with Crippen molar-refractivity contribution in [3.05, 3.63) is 21.9 Å². The monoisotopic (exact) mass is 277 g/mol. The molecule has 0 bridgehead atoms. The normalized spacial score (nSPS) is 22.8. The average Bonchev–Trinajstić information content (AvgIpc) is 2.84. The fraction of sp³-hybridized carbons (Fsp3) is 0.533. The Balaban J connectivity index is 2.16. The zero-order valence-corrected chi connectivity index (χ0v) is 12.2. The Morgan fingerprint density at radius 3 is 2.74 bits per heavy atom. The molecule has 2 rings (SSSR count). The zero-order valence-electron chi connectivity index (χ0n) is 11.3. The molecule has 2 heterocycles. The molecule has 1 amide bonds. The third-order valence-electron chi connectivity index (χ3n) is 3.54. The van der Waals surface area contributed by atoms with Crippen molar-refractivity contribution in [2.24, 2.45) is 0 Å². The van der Waals surface area contributed by atoms with E-state index in [2.05, 4.69) is 25.7 Å². The third kappa shape index (κ3) is 3.17. The number of carbonyl (C=O) groups excluding carboxylic acids is 1. The molecule has 1 saturated heterocycles. The largest absolute Gasteiger partial charge is 0.384 e. The molecule has 0 spiro atoms. The number of aliphatic hydroxyl groups excluding tert-OH is 1. The van der Waals surface area contributed by atoms with Crippen molar-refractivity contribution in [1.82, 2.24) is 4.90 Å². The highest BCUT2D eigenvalue weighted by atomic mass is 32.1. The summed E-state index contributed by atoms with van der Waals surface area (Å²) in [6.45, 7) is 4.09. The van der Waals surface area contributed by atoms with Crippen LogP contribution < -0.4 is 0 Å². The van der Waals surface area contributed by atoms with Gasteiger partial charge in [0.05, 0.1) is 9.75 Å². The van der Waals surface area contributed by atoms with Gasteiger partial charge in [-0.3, -0.25) is 4.79 Å². The van der Waals surface area contributed by atoms with E-state index >= 15 is 0 Å². The van der Waals surface area contributed by atoms with E-state index in [-0.39, 0.29) is 12.5 Å². The van der Waals surface area contributed by atoms with Crippen LogP contribution >= 0.6 is 11.3 Å². The molecule has 19 heavy (non-hydrogen) atoms. The maximum atomic E-state index is 12.5. The minimum atomic E-state index is -0.151. The summed E-state index contributed by atoms with van der Waals surface area (Å²) in [6.07, 6.45) is 3.36. The van der Waals surface area contributed by atoms with Gasteiger partial charge in [0.1, 0.15) is 6.61 Å². The zero-order chi connectivity index (χ0) is 13.8. The topological polar surface area (TPSA) is 40.5 Å². The van der Waals surface area contributed by atoms with Crippen LogP contribution in [-0.2, 0) is 0 Å². The molecule has 1 N–H and O–H groups in total. The first-order valence-corrected chi connectivity index (χ1v) is 7.47. The molecule has 0 unspecified atom stereocenters. The molecule has 1 aliphatic rings. The van der Waals surface area contributed by atoms with Gasteiger partial charge in [0.25, 0.3) is 5.91 Å². The van der Waals surface area contributed by atoms with Gasteiger partial charge in [-0.25, -0.2) is 0 Å². The van der Waals surface area contributed by atoms with Gasteiger partial charge in [0, 0.05) is 12.1 Å². The van der Waals surface area contributed by atoms with Crippen molar-refractivity contribution in [3.63, 3.8) is 0 Å². The molecule has 2 atom stereocenters. The van der Waals surface area contributed by atoms with Gasteiger partial charge in [-0.05, 0) is 45.2 Å². The molecule has 1 fully saturated rings. The first-order chi connectivity index (χ1) is 9.13. The van der Waals surface area contributed by atoms with Crippen LogP contribution in [-0.4, -0.2) is 34.6 Å². The molecule has 1 aromatic rings. The highest BCUT2D eigenvalue weighted by molar-refractivity contribution is 7.14. The number of rotatable bonds is 1. The Morgan fingerprint density at radius 1 is 1.42 bits per heavy atom. The SMILES string of the molecule is C[C@@H]1CCC[C@H](C)N1C(=O)c1ccc(C#CCO)s1. The van der Waals surface area contributed by atoms with E-state index in [0.717, 1.165) is 22.6 Å². The summed E-state index contributed by atoms with van der Waals surface area (Å²) in [5, 5.41) is 8.67. The second-order valence-electron chi connectivity index (χ2n) is 4.97. The van der Waals surface area contributed by atoms with E-state index < -0.39 is 0 Å². The van der Waals surface area contributed by atoms with Crippen LogP contribution in [0.1, 0.15) is 47.7 Å². The highest BCUT2D eigenvalue weighted by Gasteiger charge is 2.30. The first kappa shape index (κ1) is 14.1. The van der Waals surface area contributed by atoms with Crippen LogP contribution in [0.25, 0.3) is 0 Å². The number of hydrogen-bond acceptors (Lipinski definition) is 3. The molecular weight excluding hydrogens is 258 g/mol. The first-order valence-electron chi connectivity index (χ1n) is 6.65. The second-order valence-corrected chi connectivity index (χ2v) is 6.05. The molecule has 3 nitrogen and oxygen atoms in total. The van der Waals surface area contributed by atoms with Gasteiger partial charge in [-0.15, -0.1) is 11.3 Å². The predicted octanol–water partition coefficient (Wildman–Crippen LogP) is 2.50. The molecule has 4 heteroatoms. The maximum absolute atomic E-state index is 12.5. The Labute approximate surface area is 118 Å². The number of nitrogens with zero attached hydrogens (tertiary/aromatic N) is 1. The van der Waals surface area contributed by atoms with Gasteiger partial charge >= 0.3 is 0 Å². The summed E-state index contributed by atoms with van der Waals surface area (Å²) in [6, 6.07) is 4.30. The quantitative estimate of drug-likeness (QED) is 0.801. The molecule has 0 aliphatic carbocycles. The number of carbonyl (C=O) groups is 1. The molecule has 0 aromatic carbocycles. The standard InChI is InChI=1S/C15H19NO2S/c1-11-5-3-6-12(2)16(11)15(18)14-9-8-13(19-14)7-4-10-17/h8-9,11-12,17H,3,5-6,10H2,1-2H3/t11-,12+. The van der Waals surface area contributed by atoms with E-state index in [1.807, 2.05) is 17.0 Å². The van der Waals surface area contributed by atoms with E-state index in [1.54, 1.807) is 0 Å². The summed E-state index contributed by atoms with van der Waals surface area (Å²) in [5.41, 5.74) is 0. The molecule has 1 aliphatic heterocycles. The minimum Gasteiger partial charge on any atom is -0.384 e. The summed E-state index contributed by atoms with van der Waals surface area (Å²) >= 11 is 1.40. The summed E-state index contributed by atoms with van der Waals surface area (Å²) < 4.78 is 0. The fourth-order valence-electron chi connectivity index (χ4n) is 2.60. The number of aliphatic hydroxyl groups is 1. The Hall–Kier alpha value is -1.31. The summed E-state index contributed by atoms with van der Waals surface area (Å²) in [4.78, 5) is 16.1.